The van der Waals surface area contributed by atoms with E-state index in [4.69, 9.17) is 44.1 Å². The van der Waals surface area contributed by atoms with Gasteiger partial charge in [0.25, 0.3) is 5.91 Å². The smallest absolute Gasteiger partial charge is 0.344 e. The van der Waals surface area contributed by atoms with Gasteiger partial charge in [-0.25, -0.2) is 4.79 Å². The molecule has 6 nitrogen and oxygen atoms in total. The minimum Gasteiger partial charge on any atom is -0.452 e. The summed E-state index contributed by atoms with van der Waals surface area (Å²) in [5.74, 6) is -0.894. The van der Waals surface area contributed by atoms with Gasteiger partial charge in [0, 0.05) is 5.92 Å². The Labute approximate surface area is 159 Å². The molecule has 1 aromatic heterocycles. The molecule has 0 atom stereocenters. The van der Waals surface area contributed by atoms with Crippen LogP contribution >= 0.6 is 34.8 Å². The number of halogens is 3. The Morgan fingerprint density at radius 3 is 2.48 bits per heavy atom. The zero-order valence-electron chi connectivity index (χ0n) is 13.7. The fourth-order valence-electron chi connectivity index (χ4n) is 2.04. The number of aromatic nitrogens is 1. The maximum Gasteiger partial charge on any atom is 0.344 e. The molecular weight excluding hydrogens is 391 g/mol. The summed E-state index contributed by atoms with van der Waals surface area (Å²) in [5.41, 5.74) is 0.901. The molecule has 2 rings (SSSR count). The molecule has 0 aliphatic carbocycles. The number of ether oxygens (including phenoxy) is 1. The van der Waals surface area contributed by atoms with Crippen LogP contribution in [-0.2, 0) is 9.53 Å². The number of hydrogen-bond donors (Lipinski definition) is 1. The third kappa shape index (κ3) is 4.66. The van der Waals surface area contributed by atoms with Crippen LogP contribution in [0, 0.1) is 6.92 Å². The second-order valence-electron chi connectivity index (χ2n) is 5.53. The highest BCUT2D eigenvalue weighted by Crippen LogP contribution is 2.32. The van der Waals surface area contributed by atoms with E-state index in [2.05, 4.69) is 10.5 Å². The largest absolute Gasteiger partial charge is 0.452 e. The Balaban J connectivity index is 2.02. The molecule has 0 radical (unpaired) electrons. The van der Waals surface area contributed by atoms with E-state index < -0.39 is 18.5 Å². The second kappa shape index (κ2) is 8.08. The van der Waals surface area contributed by atoms with Crippen LogP contribution in [0.4, 0.5) is 5.69 Å². The molecule has 9 heteroatoms. The summed E-state index contributed by atoms with van der Waals surface area (Å²) in [7, 11) is 0. The number of nitrogens with zero attached hydrogens (tertiary/aromatic N) is 1. The zero-order chi connectivity index (χ0) is 18.7. The van der Waals surface area contributed by atoms with Gasteiger partial charge in [0.15, 0.2) is 12.4 Å². The summed E-state index contributed by atoms with van der Waals surface area (Å²) in [6.07, 6.45) is 0. The summed E-state index contributed by atoms with van der Waals surface area (Å²) in [5, 5.41) is 6.98. The van der Waals surface area contributed by atoms with Crippen LogP contribution in [0.2, 0.25) is 15.1 Å². The average Bonchev–Trinajstić information content (AvgIpc) is 2.92. The molecule has 0 aliphatic rings. The van der Waals surface area contributed by atoms with Gasteiger partial charge < -0.3 is 14.6 Å². The molecular formula is C16H15Cl3N2O4. The second-order valence-corrected chi connectivity index (χ2v) is 6.75. The SMILES string of the molecule is Cc1noc(C(C)C)c1C(=O)OCC(=O)Nc1cc(Cl)c(Cl)cc1Cl. The number of amides is 1. The van der Waals surface area contributed by atoms with Crippen molar-refractivity contribution >= 4 is 52.4 Å². The third-order valence-electron chi connectivity index (χ3n) is 3.24. The number of carbonyl (C=O) groups excluding carboxylic acids is 2. The van der Waals surface area contributed by atoms with Gasteiger partial charge in [0.2, 0.25) is 0 Å². The summed E-state index contributed by atoms with van der Waals surface area (Å²) in [4.78, 5) is 24.2. The van der Waals surface area contributed by atoms with Gasteiger partial charge in [-0.05, 0) is 19.1 Å². The highest BCUT2D eigenvalue weighted by atomic mass is 35.5. The fourth-order valence-corrected chi connectivity index (χ4v) is 2.63. The van der Waals surface area contributed by atoms with Crippen LogP contribution in [0.1, 0.15) is 41.6 Å². The van der Waals surface area contributed by atoms with Crippen LogP contribution < -0.4 is 5.32 Å². The lowest BCUT2D eigenvalue weighted by molar-refractivity contribution is -0.119. The monoisotopic (exact) mass is 404 g/mol. The molecule has 1 N–H and O–H groups in total. The van der Waals surface area contributed by atoms with E-state index in [0.717, 1.165) is 0 Å². The topological polar surface area (TPSA) is 81.4 Å². The molecule has 1 amide bonds. The van der Waals surface area contributed by atoms with Gasteiger partial charge in [-0.2, -0.15) is 0 Å². The number of aryl methyl sites for hydroxylation is 1. The normalized spacial score (nSPS) is 10.8. The van der Waals surface area contributed by atoms with Gasteiger partial charge in [-0.15, -0.1) is 0 Å². The summed E-state index contributed by atoms with van der Waals surface area (Å²) in [6.45, 7) is 4.84. The standard InChI is InChI=1S/C16H15Cl3N2O4/c1-7(2)15-14(8(3)21-25-15)16(23)24-6-13(22)20-12-5-10(18)9(17)4-11(12)19/h4-5,7H,6H2,1-3H3,(H,20,22). The van der Waals surface area contributed by atoms with Gasteiger partial charge in [-0.1, -0.05) is 53.8 Å². The molecule has 2 aromatic rings. The van der Waals surface area contributed by atoms with Crippen molar-refractivity contribution in [3.8, 4) is 0 Å². The van der Waals surface area contributed by atoms with Gasteiger partial charge in [0.05, 0.1) is 26.4 Å². The number of nitrogens with one attached hydrogen (secondary N) is 1. The molecule has 25 heavy (non-hydrogen) atoms. The Morgan fingerprint density at radius 2 is 1.84 bits per heavy atom. The lowest BCUT2D eigenvalue weighted by atomic mass is 10.1. The van der Waals surface area contributed by atoms with Crippen molar-refractivity contribution in [1.29, 1.82) is 0 Å². The van der Waals surface area contributed by atoms with Crippen molar-refractivity contribution in [2.45, 2.75) is 26.7 Å². The first-order valence-corrected chi connectivity index (χ1v) is 8.41. The number of hydrogen-bond acceptors (Lipinski definition) is 5. The van der Waals surface area contributed by atoms with Crippen LogP contribution in [0.5, 0.6) is 0 Å². The number of esters is 1. The van der Waals surface area contributed by atoms with Crippen molar-refractivity contribution in [2.75, 3.05) is 11.9 Å². The summed E-state index contributed by atoms with van der Waals surface area (Å²) in [6, 6.07) is 2.81. The minimum absolute atomic E-state index is 0.0485. The number of rotatable bonds is 5. The van der Waals surface area contributed by atoms with Crippen molar-refractivity contribution in [1.82, 2.24) is 5.16 Å². The molecule has 0 unspecified atom stereocenters. The van der Waals surface area contributed by atoms with Crippen molar-refractivity contribution in [2.24, 2.45) is 0 Å². The zero-order valence-corrected chi connectivity index (χ0v) is 15.9. The molecule has 0 fully saturated rings. The van der Waals surface area contributed by atoms with E-state index in [0.29, 0.717) is 11.5 Å². The van der Waals surface area contributed by atoms with Crippen LogP contribution in [0.3, 0.4) is 0 Å². The fraction of sp³-hybridized carbons (Fsp3) is 0.312. The van der Waals surface area contributed by atoms with Crippen molar-refractivity contribution in [3.63, 3.8) is 0 Å². The Kier molecular flexibility index (Phi) is 6.32. The highest BCUT2D eigenvalue weighted by Gasteiger charge is 2.24. The average molecular weight is 406 g/mol. The molecule has 0 aliphatic heterocycles. The molecule has 0 bridgehead atoms. The third-order valence-corrected chi connectivity index (χ3v) is 4.27. The molecule has 0 spiro atoms. The maximum absolute atomic E-state index is 12.2. The number of carbonyl (C=O) groups is 2. The summed E-state index contributed by atoms with van der Waals surface area (Å²) < 4.78 is 10.2. The van der Waals surface area contributed by atoms with E-state index in [-0.39, 0.29) is 32.2 Å². The quantitative estimate of drug-likeness (QED) is 0.567. The van der Waals surface area contributed by atoms with Gasteiger partial charge in [0.1, 0.15) is 5.56 Å². The molecule has 0 saturated carbocycles. The molecule has 0 saturated heterocycles. The highest BCUT2D eigenvalue weighted by molar-refractivity contribution is 6.44. The number of benzene rings is 1. The van der Waals surface area contributed by atoms with Gasteiger partial charge in [-0.3, -0.25) is 4.79 Å². The lowest BCUT2D eigenvalue weighted by Gasteiger charge is -2.10. The van der Waals surface area contributed by atoms with Crippen LogP contribution in [0.25, 0.3) is 0 Å². The molecule has 134 valence electrons. The lowest BCUT2D eigenvalue weighted by Crippen LogP contribution is -2.21. The van der Waals surface area contributed by atoms with Crippen molar-refractivity contribution < 1.29 is 18.8 Å². The molecule has 1 aromatic carbocycles. The summed E-state index contributed by atoms with van der Waals surface area (Å²) >= 11 is 17.7. The number of anilines is 1. The van der Waals surface area contributed by atoms with Crippen LogP contribution in [0.15, 0.2) is 16.7 Å². The van der Waals surface area contributed by atoms with Crippen molar-refractivity contribution in [3.05, 3.63) is 44.2 Å². The first-order chi connectivity index (χ1) is 11.7. The minimum atomic E-state index is -0.683. The van der Waals surface area contributed by atoms with E-state index >= 15 is 0 Å². The van der Waals surface area contributed by atoms with Gasteiger partial charge >= 0.3 is 5.97 Å². The van der Waals surface area contributed by atoms with E-state index in [9.17, 15) is 9.59 Å². The predicted molar refractivity (Wildman–Crippen MR) is 95.7 cm³/mol. The first-order valence-electron chi connectivity index (χ1n) is 7.28. The maximum atomic E-state index is 12.2. The first kappa shape index (κ1) is 19.6. The van der Waals surface area contributed by atoms with E-state index in [1.807, 2.05) is 13.8 Å². The predicted octanol–water partition coefficient (Wildman–Crippen LogP) is 4.86. The van der Waals surface area contributed by atoms with Crippen LogP contribution in [-0.4, -0.2) is 23.6 Å². The molecule has 1 heterocycles. The Morgan fingerprint density at radius 1 is 1.20 bits per heavy atom. The van der Waals surface area contributed by atoms with E-state index in [1.165, 1.54) is 12.1 Å². The van der Waals surface area contributed by atoms with E-state index in [1.54, 1.807) is 6.92 Å². The Hall–Kier alpha value is -1.76. The Bertz CT molecular complexity index is 818.